The fourth-order valence-electron chi connectivity index (χ4n) is 3.47. The fourth-order valence-corrected chi connectivity index (χ4v) is 4.22. The van der Waals surface area contributed by atoms with E-state index >= 15 is 0 Å². The number of nitrogens with zero attached hydrogens (tertiary/aromatic N) is 3. The van der Waals surface area contributed by atoms with Crippen molar-refractivity contribution in [1.29, 1.82) is 0 Å². The SMILES string of the molecule is Cc1ncsc1C(=O)N1CCC[C@H]1c1cc(CCOc2ccccc2F)[nH]n1. The minimum Gasteiger partial charge on any atom is -0.490 e. The van der Waals surface area contributed by atoms with E-state index in [1.54, 1.807) is 23.7 Å². The highest BCUT2D eigenvalue weighted by atomic mass is 32.1. The Morgan fingerprint density at radius 2 is 2.29 bits per heavy atom. The third kappa shape index (κ3) is 3.77. The fraction of sp³-hybridized carbons (Fsp3) is 0.350. The lowest BCUT2D eigenvalue weighted by Gasteiger charge is -2.22. The normalized spacial score (nSPS) is 16.5. The zero-order chi connectivity index (χ0) is 19.5. The van der Waals surface area contributed by atoms with Crippen molar-refractivity contribution in [3.8, 4) is 5.75 Å². The number of halogens is 1. The molecule has 0 bridgehead atoms. The van der Waals surface area contributed by atoms with Gasteiger partial charge in [0.2, 0.25) is 0 Å². The number of carbonyl (C=O) groups excluding carboxylic acids is 1. The second-order valence-corrected chi connectivity index (χ2v) is 7.63. The molecule has 2 aromatic heterocycles. The van der Waals surface area contributed by atoms with Crippen LogP contribution in [0.2, 0.25) is 0 Å². The Balaban J connectivity index is 1.40. The smallest absolute Gasteiger partial charge is 0.266 e. The second-order valence-electron chi connectivity index (χ2n) is 6.77. The molecule has 3 heterocycles. The molecular weight excluding hydrogens is 379 g/mol. The van der Waals surface area contributed by atoms with Crippen molar-refractivity contribution in [3.63, 3.8) is 0 Å². The van der Waals surface area contributed by atoms with Crippen LogP contribution in [0.25, 0.3) is 0 Å². The zero-order valence-electron chi connectivity index (χ0n) is 15.5. The molecule has 1 N–H and O–H groups in total. The summed E-state index contributed by atoms with van der Waals surface area (Å²) in [5.41, 5.74) is 4.23. The summed E-state index contributed by atoms with van der Waals surface area (Å²) in [6.07, 6.45) is 2.42. The molecule has 0 unspecified atom stereocenters. The van der Waals surface area contributed by atoms with E-state index in [0.29, 0.717) is 17.9 Å². The minimum absolute atomic E-state index is 0.0231. The average molecular weight is 400 g/mol. The number of benzene rings is 1. The lowest BCUT2D eigenvalue weighted by molar-refractivity contribution is 0.0737. The second kappa shape index (κ2) is 8.10. The third-order valence-corrected chi connectivity index (χ3v) is 5.83. The molecule has 0 spiro atoms. The molecule has 0 saturated carbocycles. The zero-order valence-corrected chi connectivity index (χ0v) is 16.3. The first-order chi connectivity index (χ1) is 13.6. The van der Waals surface area contributed by atoms with E-state index in [-0.39, 0.29) is 23.5 Å². The van der Waals surface area contributed by atoms with Crippen LogP contribution in [0.4, 0.5) is 4.39 Å². The van der Waals surface area contributed by atoms with E-state index in [4.69, 9.17) is 4.74 Å². The molecule has 28 heavy (non-hydrogen) atoms. The molecule has 1 aliphatic heterocycles. The summed E-state index contributed by atoms with van der Waals surface area (Å²) in [6, 6.07) is 8.29. The van der Waals surface area contributed by atoms with Gasteiger partial charge in [-0.2, -0.15) is 5.10 Å². The van der Waals surface area contributed by atoms with Gasteiger partial charge < -0.3 is 9.64 Å². The minimum atomic E-state index is -0.369. The average Bonchev–Trinajstić information content (AvgIpc) is 3.43. The molecule has 1 aromatic carbocycles. The number of hydrogen-bond donors (Lipinski definition) is 1. The lowest BCUT2D eigenvalue weighted by Crippen LogP contribution is -2.30. The largest absolute Gasteiger partial charge is 0.490 e. The van der Waals surface area contributed by atoms with Crippen LogP contribution >= 0.6 is 11.3 Å². The molecule has 0 aliphatic carbocycles. The summed E-state index contributed by atoms with van der Waals surface area (Å²) >= 11 is 1.38. The number of amides is 1. The summed E-state index contributed by atoms with van der Waals surface area (Å²) < 4.78 is 19.1. The van der Waals surface area contributed by atoms with Crippen molar-refractivity contribution < 1.29 is 13.9 Å². The number of hydrogen-bond acceptors (Lipinski definition) is 5. The number of ether oxygens (including phenoxy) is 1. The summed E-state index contributed by atoms with van der Waals surface area (Å²) in [4.78, 5) is 19.6. The molecule has 1 amide bonds. The monoisotopic (exact) mass is 400 g/mol. The number of nitrogens with one attached hydrogen (secondary N) is 1. The maximum absolute atomic E-state index is 13.6. The Morgan fingerprint density at radius 1 is 1.43 bits per heavy atom. The van der Waals surface area contributed by atoms with Gasteiger partial charge in [-0.05, 0) is 38.0 Å². The van der Waals surface area contributed by atoms with Crippen LogP contribution < -0.4 is 4.74 Å². The van der Waals surface area contributed by atoms with E-state index < -0.39 is 0 Å². The van der Waals surface area contributed by atoms with Crippen LogP contribution in [-0.4, -0.2) is 39.1 Å². The molecule has 4 rings (SSSR count). The van der Waals surface area contributed by atoms with E-state index in [0.717, 1.165) is 36.5 Å². The maximum atomic E-state index is 13.6. The summed E-state index contributed by atoms with van der Waals surface area (Å²) in [5, 5.41) is 7.43. The Morgan fingerprint density at radius 3 is 3.07 bits per heavy atom. The molecule has 8 heteroatoms. The highest BCUT2D eigenvalue weighted by Gasteiger charge is 2.33. The van der Waals surface area contributed by atoms with Crippen molar-refractivity contribution in [3.05, 3.63) is 63.6 Å². The third-order valence-electron chi connectivity index (χ3n) is 4.91. The molecule has 1 saturated heterocycles. The van der Waals surface area contributed by atoms with Gasteiger partial charge in [-0.1, -0.05) is 12.1 Å². The van der Waals surface area contributed by atoms with Crippen LogP contribution in [0.15, 0.2) is 35.8 Å². The Labute approximate surface area is 166 Å². The van der Waals surface area contributed by atoms with Crippen molar-refractivity contribution in [2.45, 2.75) is 32.2 Å². The van der Waals surface area contributed by atoms with Crippen LogP contribution in [0, 0.1) is 12.7 Å². The Hall–Kier alpha value is -2.74. The predicted octanol–water partition coefficient (Wildman–Crippen LogP) is 3.91. The van der Waals surface area contributed by atoms with Gasteiger partial charge >= 0.3 is 0 Å². The molecule has 3 aromatic rings. The summed E-state index contributed by atoms with van der Waals surface area (Å²) in [5.74, 6) is -0.101. The molecular formula is C20H21FN4O2S. The van der Waals surface area contributed by atoms with Gasteiger partial charge in [-0.3, -0.25) is 9.89 Å². The summed E-state index contributed by atoms with van der Waals surface area (Å²) in [7, 11) is 0. The van der Waals surface area contributed by atoms with Crippen LogP contribution in [0.1, 0.15) is 45.6 Å². The number of aromatic nitrogens is 3. The first-order valence-corrected chi connectivity index (χ1v) is 10.1. The van der Waals surface area contributed by atoms with Crippen LogP contribution in [-0.2, 0) is 6.42 Å². The van der Waals surface area contributed by atoms with Gasteiger partial charge in [-0.15, -0.1) is 11.3 Å². The van der Waals surface area contributed by atoms with Crippen LogP contribution in [0.5, 0.6) is 5.75 Å². The van der Waals surface area contributed by atoms with Crippen molar-refractivity contribution >= 4 is 17.2 Å². The van der Waals surface area contributed by atoms with Gasteiger partial charge in [0.05, 0.1) is 29.5 Å². The Bertz CT molecular complexity index is 971. The van der Waals surface area contributed by atoms with Crippen molar-refractivity contribution in [2.24, 2.45) is 0 Å². The van der Waals surface area contributed by atoms with E-state index in [1.165, 1.54) is 17.4 Å². The number of likely N-dealkylation sites (tertiary alicyclic amines) is 1. The first kappa shape index (κ1) is 18.6. The number of H-pyrrole nitrogens is 1. The van der Waals surface area contributed by atoms with Gasteiger partial charge in [0.25, 0.3) is 5.91 Å². The number of aryl methyl sites for hydroxylation is 1. The van der Waals surface area contributed by atoms with Gasteiger partial charge in [-0.25, -0.2) is 9.37 Å². The van der Waals surface area contributed by atoms with Crippen LogP contribution in [0.3, 0.4) is 0 Å². The molecule has 1 aliphatic rings. The predicted molar refractivity (Wildman–Crippen MR) is 104 cm³/mol. The van der Waals surface area contributed by atoms with Crippen molar-refractivity contribution in [1.82, 2.24) is 20.1 Å². The molecule has 146 valence electrons. The summed E-state index contributed by atoms with van der Waals surface area (Å²) in [6.45, 7) is 2.92. The first-order valence-electron chi connectivity index (χ1n) is 9.26. The van der Waals surface area contributed by atoms with E-state index in [9.17, 15) is 9.18 Å². The molecule has 1 fully saturated rings. The van der Waals surface area contributed by atoms with Crippen molar-refractivity contribution in [2.75, 3.05) is 13.2 Å². The number of carbonyl (C=O) groups is 1. The lowest BCUT2D eigenvalue weighted by atomic mass is 10.1. The standard InChI is InChI=1S/C20H21FN4O2S/c1-13-19(28-12-22-13)20(26)25-9-4-6-17(25)16-11-14(23-24-16)8-10-27-18-7-3-2-5-15(18)21/h2-3,5,7,11-12,17H,4,6,8-10H2,1H3,(H,23,24)/t17-/m0/s1. The number of rotatable bonds is 6. The topological polar surface area (TPSA) is 71.1 Å². The number of para-hydroxylation sites is 1. The quantitative estimate of drug-likeness (QED) is 0.681. The number of aromatic amines is 1. The van der Waals surface area contributed by atoms with E-state index in [2.05, 4.69) is 15.2 Å². The highest BCUT2D eigenvalue weighted by molar-refractivity contribution is 7.11. The van der Waals surface area contributed by atoms with Gasteiger partial charge in [0.1, 0.15) is 4.88 Å². The maximum Gasteiger partial charge on any atom is 0.266 e. The van der Waals surface area contributed by atoms with E-state index in [1.807, 2.05) is 17.9 Å². The molecule has 6 nitrogen and oxygen atoms in total. The Kier molecular flexibility index (Phi) is 5.38. The molecule has 1 atom stereocenters. The highest BCUT2D eigenvalue weighted by Crippen LogP contribution is 2.33. The molecule has 0 radical (unpaired) electrons. The van der Waals surface area contributed by atoms with Gasteiger partial charge in [0, 0.05) is 18.7 Å². The van der Waals surface area contributed by atoms with Gasteiger partial charge in [0.15, 0.2) is 11.6 Å². The number of thiazole rings is 1.